The lowest BCUT2D eigenvalue weighted by molar-refractivity contribution is 0.0691. The molecule has 2 N–H and O–H groups in total. The summed E-state index contributed by atoms with van der Waals surface area (Å²) in [5.74, 6) is -2.51. The van der Waals surface area contributed by atoms with Gasteiger partial charge in [-0.05, 0) is 30.7 Å². The molecule has 0 saturated carbocycles. The Bertz CT molecular complexity index is 790. The summed E-state index contributed by atoms with van der Waals surface area (Å²) in [6.45, 7) is 1.66. The molecule has 0 saturated heterocycles. The first-order chi connectivity index (χ1) is 10.3. The van der Waals surface area contributed by atoms with Crippen LogP contribution < -0.4 is 4.72 Å². The first kappa shape index (κ1) is 16.1. The van der Waals surface area contributed by atoms with Crippen molar-refractivity contribution in [1.29, 1.82) is 0 Å². The molecule has 2 aromatic carbocycles. The summed E-state index contributed by atoms with van der Waals surface area (Å²) in [7, 11) is -3.96. The summed E-state index contributed by atoms with van der Waals surface area (Å²) in [6, 6.07) is 11.0. The lowest BCUT2D eigenvalue weighted by Crippen LogP contribution is -2.27. The van der Waals surface area contributed by atoms with Crippen molar-refractivity contribution in [3.8, 4) is 0 Å². The fourth-order valence-electron chi connectivity index (χ4n) is 1.95. The van der Waals surface area contributed by atoms with Gasteiger partial charge in [-0.3, -0.25) is 0 Å². The standard InChI is InChI=1S/C15H14FNO4S/c1-10(11-5-3-2-4-6-11)17-22(20,21)12-7-8-14(16)13(9-12)15(18)19/h2-10,17H,1H3,(H,18,19)/t10-/m0/s1. The van der Waals surface area contributed by atoms with Gasteiger partial charge in [0, 0.05) is 6.04 Å². The molecular formula is C15H14FNO4S. The highest BCUT2D eigenvalue weighted by Gasteiger charge is 2.21. The first-order valence-corrected chi connectivity index (χ1v) is 7.89. The van der Waals surface area contributed by atoms with Crippen molar-refractivity contribution in [2.45, 2.75) is 17.9 Å². The number of nitrogens with one attached hydrogen (secondary N) is 1. The van der Waals surface area contributed by atoms with E-state index in [1.807, 2.05) is 6.07 Å². The zero-order valence-corrected chi connectivity index (χ0v) is 12.5. The van der Waals surface area contributed by atoms with E-state index in [9.17, 15) is 17.6 Å². The maximum atomic E-state index is 13.3. The van der Waals surface area contributed by atoms with Gasteiger partial charge in [-0.1, -0.05) is 30.3 Å². The Balaban J connectivity index is 2.31. The molecule has 7 heteroatoms. The predicted molar refractivity (Wildman–Crippen MR) is 78.5 cm³/mol. The molecule has 5 nitrogen and oxygen atoms in total. The van der Waals surface area contributed by atoms with Gasteiger partial charge in [-0.2, -0.15) is 0 Å². The molecular weight excluding hydrogens is 309 g/mol. The van der Waals surface area contributed by atoms with E-state index >= 15 is 0 Å². The van der Waals surface area contributed by atoms with E-state index in [4.69, 9.17) is 5.11 Å². The van der Waals surface area contributed by atoms with Crippen molar-refractivity contribution < 1.29 is 22.7 Å². The number of hydrogen-bond acceptors (Lipinski definition) is 3. The molecule has 0 heterocycles. The van der Waals surface area contributed by atoms with Crippen LogP contribution in [0.15, 0.2) is 53.4 Å². The second-order valence-corrected chi connectivity index (χ2v) is 6.41. The molecule has 0 unspecified atom stereocenters. The number of carbonyl (C=O) groups is 1. The molecule has 0 amide bonds. The normalized spacial score (nSPS) is 12.8. The number of carboxylic acids is 1. The van der Waals surface area contributed by atoms with Gasteiger partial charge in [-0.25, -0.2) is 22.3 Å². The average molecular weight is 323 g/mol. The topological polar surface area (TPSA) is 83.5 Å². The zero-order valence-electron chi connectivity index (χ0n) is 11.7. The van der Waals surface area contributed by atoms with Crippen LogP contribution in [0.3, 0.4) is 0 Å². The molecule has 0 aliphatic heterocycles. The van der Waals surface area contributed by atoms with Gasteiger partial charge in [0.1, 0.15) is 5.82 Å². The first-order valence-electron chi connectivity index (χ1n) is 6.41. The van der Waals surface area contributed by atoms with Gasteiger partial charge < -0.3 is 5.11 Å². The van der Waals surface area contributed by atoms with E-state index in [-0.39, 0.29) is 4.90 Å². The molecule has 2 rings (SSSR count). The Morgan fingerprint density at radius 1 is 1.18 bits per heavy atom. The smallest absolute Gasteiger partial charge is 0.338 e. The number of sulfonamides is 1. The van der Waals surface area contributed by atoms with Crippen molar-refractivity contribution in [1.82, 2.24) is 4.72 Å². The van der Waals surface area contributed by atoms with Crippen LogP contribution in [-0.2, 0) is 10.0 Å². The minimum atomic E-state index is -3.96. The highest BCUT2D eigenvalue weighted by molar-refractivity contribution is 7.89. The van der Waals surface area contributed by atoms with Crippen LogP contribution in [0.1, 0.15) is 28.9 Å². The van der Waals surface area contributed by atoms with Crippen LogP contribution in [0.5, 0.6) is 0 Å². The number of aromatic carboxylic acids is 1. The summed E-state index contributed by atoms with van der Waals surface area (Å²) in [6.07, 6.45) is 0. The molecule has 116 valence electrons. The summed E-state index contributed by atoms with van der Waals surface area (Å²) >= 11 is 0. The summed E-state index contributed by atoms with van der Waals surface area (Å²) in [5.41, 5.74) is 0.0712. The number of benzene rings is 2. The van der Waals surface area contributed by atoms with E-state index in [0.29, 0.717) is 0 Å². The Labute approximate surface area is 127 Å². The van der Waals surface area contributed by atoms with E-state index < -0.39 is 33.4 Å². The van der Waals surface area contributed by atoms with E-state index in [1.165, 1.54) is 0 Å². The van der Waals surface area contributed by atoms with Gasteiger partial charge in [0.15, 0.2) is 0 Å². The van der Waals surface area contributed by atoms with Crippen LogP contribution in [0.4, 0.5) is 4.39 Å². The molecule has 0 radical (unpaired) electrons. The average Bonchev–Trinajstić information content (AvgIpc) is 2.47. The third-order valence-corrected chi connectivity index (χ3v) is 4.65. The SMILES string of the molecule is C[C@H](NS(=O)(=O)c1ccc(F)c(C(=O)O)c1)c1ccccc1. The Kier molecular flexibility index (Phi) is 4.58. The maximum absolute atomic E-state index is 13.3. The third kappa shape index (κ3) is 3.49. The monoisotopic (exact) mass is 323 g/mol. The van der Waals surface area contributed by atoms with Crippen LogP contribution in [0, 0.1) is 5.82 Å². The van der Waals surface area contributed by atoms with Gasteiger partial charge in [0.2, 0.25) is 10.0 Å². The highest BCUT2D eigenvalue weighted by atomic mass is 32.2. The molecule has 0 aliphatic carbocycles. The van der Waals surface area contributed by atoms with Crippen LogP contribution >= 0.6 is 0 Å². The molecule has 0 bridgehead atoms. The van der Waals surface area contributed by atoms with Gasteiger partial charge in [0.25, 0.3) is 0 Å². The maximum Gasteiger partial charge on any atom is 0.338 e. The predicted octanol–water partition coefficient (Wildman–Crippen LogP) is 2.56. The van der Waals surface area contributed by atoms with Gasteiger partial charge >= 0.3 is 5.97 Å². The largest absolute Gasteiger partial charge is 0.478 e. The van der Waals surface area contributed by atoms with Crippen molar-refractivity contribution in [3.63, 3.8) is 0 Å². The summed E-state index contributed by atoms with van der Waals surface area (Å²) in [4.78, 5) is 10.6. The molecule has 0 fully saturated rings. The molecule has 22 heavy (non-hydrogen) atoms. The number of hydrogen-bond donors (Lipinski definition) is 2. The van der Waals surface area contributed by atoms with Crippen molar-refractivity contribution in [3.05, 3.63) is 65.5 Å². The second-order valence-electron chi connectivity index (χ2n) is 4.70. The number of rotatable bonds is 5. The Morgan fingerprint density at radius 2 is 1.82 bits per heavy atom. The van der Waals surface area contributed by atoms with Crippen LogP contribution in [-0.4, -0.2) is 19.5 Å². The minimum Gasteiger partial charge on any atom is -0.478 e. The van der Waals surface area contributed by atoms with E-state index in [1.54, 1.807) is 31.2 Å². The minimum absolute atomic E-state index is 0.297. The van der Waals surface area contributed by atoms with E-state index in [2.05, 4.69) is 4.72 Å². The number of halogens is 1. The molecule has 0 spiro atoms. The zero-order chi connectivity index (χ0) is 16.3. The van der Waals surface area contributed by atoms with E-state index in [0.717, 1.165) is 23.8 Å². The van der Waals surface area contributed by atoms with Crippen molar-refractivity contribution >= 4 is 16.0 Å². The van der Waals surface area contributed by atoms with Crippen LogP contribution in [0.25, 0.3) is 0 Å². The fourth-order valence-corrected chi connectivity index (χ4v) is 3.20. The lowest BCUT2D eigenvalue weighted by Gasteiger charge is -2.15. The summed E-state index contributed by atoms with van der Waals surface area (Å²) < 4.78 is 40.3. The number of carboxylic acid groups (broad SMARTS) is 1. The van der Waals surface area contributed by atoms with Crippen LogP contribution in [0.2, 0.25) is 0 Å². The summed E-state index contributed by atoms with van der Waals surface area (Å²) in [5, 5.41) is 8.86. The third-order valence-electron chi connectivity index (χ3n) is 3.11. The molecule has 0 aliphatic rings. The second kappa shape index (κ2) is 6.25. The fraction of sp³-hybridized carbons (Fsp3) is 0.133. The van der Waals surface area contributed by atoms with Gasteiger partial charge in [-0.15, -0.1) is 0 Å². The molecule has 0 aromatic heterocycles. The van der Waals surface area contributed by atoms with Crippen molar-refractivity contribution in [2.75, 3.05) is 0 Å². The molecule has 2 aromatic rings. The highest BCUT2D eigenvalue weighted by Crippen LogP contribution is 2.19. The quantitative estimate of drug-likeness (QED) is 0.886. The van der Waals surface area contributed by atoms with Gasteiger partial charge in [0.05, 0.1) is 10.5 Å². The Morgan fingerprint density at radius 3 is 2.41 bits per heavy atom. The molecule has 1 atom stereocenters. The lowest BCUT2D eigenvalue weighted by atomic mass is 10.1. The Hall–Kier alpha value is -2.25. The van der Waals surface area contributed by atoms with Crippen molar-refractivity contribution in [2.24, 2.45) is 0 Å².